The van der Waals surface area contributed by atoms with E-state index in [1.165, 1.54) is 6.92 Å². The normalized spacial score (nSPS) is 13.7. The highest BCUT2D eigenvalue weighted by Gasteiger charge is 2.12. The summed E-state index contributed by atoms with van der Waals surface area (Å²) in [4.78, 5) is 10.6. The van der Waals surface area contributed by atoms with Crippen LogP contribution in [-0.2, 0) is 9.53 Å². The maximum atomic E-state index is 10.6. The SMILES string of the molecule is CC(NCC(O)COCCOc1ccccc1)C(=O)O. The molecule has 0 heterocycles. The van der Waals surface area contributed by atoms with Gasteiger partial charge in [0.05, 0.1) is 19.3 Å². The highest BCUT2D eigenvalue weighted by Crippen LogP contribution is 2.07. The van der Waals surface area contributed by atoms with E-state index in [-0.39, 0.29) is 13.2 Å². The number of carboxylic acid groups (broad SMARTS) is 1. The third-order valence-electron chi connectivity index (χ3n) is 2.58. The van der Waals surface area contributed by atoms with Crippen LogP contribution < -0.4 is 10.1 Å². The van der Waals surface area contributed by atoms with Gasteiger partial charge in [-0.2, -0.15) is 0 Å². The molecule has 6 heteroatoms. The predicted molar refractivity (Wildman–Crippen MR) is 73.9 cm³/mol. The second-order valence-electron chi connectivity index (χ2n) is 4.36. The Morgan fingerprint density at radius 1 is 1.30 bits per heavy atom. The number of para-hydroxylation sites is 1. The van der Waals surface area contributed by atoms with Gasteiger partial charge >= 0.3 is 5.97 Å². The zero-order chi connectivity index (χ0) is 14.8. The van der Waals surface area contributed by atoms with Crippen molar-refractivity contribution in [2.75, 3.05) is 26.4 Å². The molecule has 2 atom stereocenters. The molecule has 0 aliphatic rings. The van der Waals surface area contributed by atoms with Gasteiger partial charge in [-0.05, 0) is 19.1 Å². The number of aliphatic hydroxyl groups is 1. The van der Waals surface area contributed by atoms with E-state index >= 15 is 0 Å². The van der Waals surface area contributed by atoms with Gasteiger partial charge in [-0.15, -0.1) is 0 Å². The van der Waals surface area contributed by atoms with E-state index in [9.17, 15) is 9.90 Å². The van der Waals surface area contributed by atoms with Crippen LogP contribution in [0, 0.1) is 0 Å². The van der Waals surface area contributed by atoms with Crippen molar-refractivity contribution in [2.45, 2.75) is 19.1 Å². The maximum absolute atomic E-state index is 10.6. The quantitative estimate of drug-likeness (QED) is 0.542. The average molecular weight is 283 g/mol. The van der Waals surface area contributed by atoms with Crippen molar-refractivity contribution in [3.8, 4) is 5.75 Å². The van der Waals surface area contributed by atoms with Gasteiger partial charge in [0.25, 0.3) is 0 Å². The highest BCUT2D eigenvalue weighted by atomic mass is 16.5. The molecule has 0 spiro atoms. The summed E-state index contributed by atoms with van der Waals surface area (Å²) < 4.78 is 10.7. The highest BCUT2D eigenvalue weighted by molar-refractivity contribution is 5.72. The van der Waals surface area contributed by atoms with Gasteiger partial charge in [0.2, 0.25) is 0 Å². The Morgan fingerprint density at radius 2 is 2.00 bits per heavy atom. The van der Waals surface area contributed by atoms with Crippen LogP contribution in [0.15, 0.2) is 30.3 Å². The molecule has 3 N–H and O–H groups in total. The van der Waals surface area contributed by atoms with Crippen LogP contribution in [0.3, 0.4) is 0 Å². The second-order valence-corrected chi connectivity index (χ2v) is 4.36. The van der Waals surface area contributed by atoms with Gasteiger partial charge in [0, 0.05) is 6.54 Å². The average Bonchev–Trinajstić information content (AvgIpc) is 2.45. The van der Waals surface area contributed by atoms with E-state index in [0.29, 0.717) is 13.2 Å². The largest absolute Gasteiger partial charge is 0.491 e. The van der Waals surface area contributed by atoms with Crippen LogP contribution in [-0.4, -0.2) is 54.7 Å². The standard InChI is InChI=1S/C14H21NO5/c1-11(14(17)18)15-9-12(16)10-19-7-8-20-13-5-3-2-4-6-13/h2-6,11-12,15-16H,7-10H2,1H3,(H,17,18). The zero-order valence-corrected chi connectivity index (χ0v) is 11.5. The Balaban J connectivity index is 2.02. The number of rotatable bonds is 10. The summed E-state index contributed by atoms with van der Waals surface area (Å²) in [7, 11) is 0. The molecule has 0 aliphatic heterocycles. The second kappa shape index (κ2) is 9.30. The topological polar surface area (TPSA) is 88.0 Å². The van der Waals surface area contributed by atoms with Crippen molar-refractivity contribution >= 4 is 5.97 Å². The van der Waals surface area contributed by atoms with Crippen molar-refractivity contribution in [1.82, 2.24) is 5.32 Å². The van der Waals surface area contributed by atoms with E-state index in [1.807, 2.05) is 30.3 Å². The molecule has 0 amide bonds. The smallest absolute Gasteiger partial charge is 0.320 e. The number of benzene rings is 1. The van der Waals surface area contributed by atoms with E-state index < -0.39 is 18.1 Å². The summed E-state index contributed by atoms with van der Waals surface area (Å²) in [5, 5.41) is 20.9. The van der Waals surface area contributed by atoms with Crippen LogP contribution >= 0.6 is 0 Å². The lowest BCUT2D eigenvalue weighted by atomic mass is 10.3. The number of nitrogens with one attached hydrogen (secondary N) is 1. The third-order valence-corrected chi connectivity index (χ3v) is 2.58. The molecule has 1 aromatic rings. The molecule has 0 saturated carbocycles. The van der Waals surface area contributed by atoms with Crippen molar-refractivity contribution in [2.24, 2.45) is 0 Å². The van der Waals surface area contributed by atoms with Crippen LogP contribution in [0.5, 0.6) is 5.75 Å². The summed E-state index contributed by atoms with van der Waals surface area (Å²) in [5.74, 6) is -0.178. The van der Waals surface area contributed by atoms with E-state index in [0.717, 1.165) is 5.75 Å². The fourth-order valence-electron chi connectivity index (χ4n) is 1.41. The molecule has 2 unspecified atom stereocenters. The predicted octanol–water partition coefficient (Wildman–Crippen LogP) is 0.506. The monoisotopic (exact) mass is 283 g/mol. The Labute approximate surface area is 118 Å². The van der Waals surface area contributed by atoms with E-state index in [2.05, 4.69) is 5.32 Å². The fraction of sp³-hybridized carbons (Fsp3) is 0.500. The van der Waals surface area contributed by atoms with Gasteiger partial charge in [-0.3, -0.25) is 4.79 Å². The number of carbonyl (C=O) groups is 1. The summed E-state index contributed by atoms with van der Waals surface area (Å²) in [5.41, 5.74) is 0. The number of hydrogen-bond donors (Lipinski definition) is 3. The van der Waals surface area contributed by atoms with Crippen LogP contribution in [0.4, 0.5) is 0 Å². The number of aliphatic carboxylic acids is 1. The Kier molecular flexibility index (Phi) is 7.64. The molecular formula is C14H21NO5. The van der Waals surface area contributed by atoms with Crippen molar-refractivity contribution in [1.29, 1.82) is 0 Å². The number of aliphatic hydroxyl groups excluding tert-OH is 1. The molecule has 20 heavy (non-hydrogen) atoms. The van der Waals surface area contributed by atoms with Crippen molar-refractivity contribution in [3.63, 3.8) is 0 Å². The molecule has 0 saturated heterocycles. The minimum atomic E-state index is -0.950. The first-order valence-corrected chi connectivity index (χ1v) is 6.49. The molecule has 1 aromatic carbocycles. The molecule has 6 nitrogen and oxygen atoms in total. The number of hydrogen-bond acceptors (Lipinski definition) is 5. The number of ether oxygens (including phenoxy) is 2. The molecular weight excluding hydrogens is 262 g/mol. The van der Waals surface area contributed by atoms with Crippen LogP contribution in [0.2, 0.25) is 0 Å². The Hall–Kier alpha value is -1.63. The number of carboxylic acids is 1. The van der Waals surface area contributed by atoms with Crippen LogP contribution in [0.25, 0.3) is 0 Å². The minimum Gasteiger partial charge on any atom is -0.491 e. The Bertz CT molecular complexity index is 384. The summed E-state index contributed by atoms with van der Waals surface area (Å²) in [6.45, 7) is 2.59. The van der Waals surface area contributed by atoms with Gasteiger partial charge in [-0.1, -0.05) is 18.2 Å². The van der Waals surface area contributed by atoms with Crippen LogP contribution in [0.1, 0.15) is 6.92 Å². The van der Waals surface area contributed by atoms with Gasteiger partial charge < -0.3 is 25.0 Å². The molecule has 112 valence electrons. The molecule has 0 aliphatic carbocycles. The lowest BCUT2D eigenvalue weighted by Gasteiger charge is -2.14. The van der Waals surface area contributed by atoms with E-state index in [4.69, 9.17) is 14.6 Å². The van der Waals surface area contributed by atoms with Gasteiger partial charge in [0.1, 0.15) is 18.4 Å². The van der Waals surface area contributed by atoms with Crippen molar-refractivity contribution < 1.29 is 24.5 Å². The lowest BCUT2D eigenvalue weighted by molar-refractivity contribution is -0.139. The Morgan fingerprint density at radius 3 is 2.65 bits per heavy atom. The summed E-state index contributed by atoms with van der Waals surface area (Å²) >= 11 is 0. The molecule has 0 radical (unpaired) electrons. The maximum Gasteiger partial charge on any atom is 0.320 e. The molecule has 0 fully saturated rings. The molecule has 1 rings (SSSR count). The van der Waals surface area contributed by atoms with Gasteiger partial charge in [-0.25, -0.2) is 0 Å². The minimum absolute atomic E-state index is 0.136. The first-order chi connectivity index (χ1) is 9.59. The fourth-order valence-corrected chi connectivity index (χ4v) is 1.41. The first-order valence-electron chi connectivity index (χ1n) is 6.49. The third kappa shape index (κ3) is 7.08. The van der Waals surface area contributed by atoms with E-state index in [1.54, 1.807) is 0 Å². The van der Waals surface area contributed by atoms with Gasteiger partial charge in [0.15, 0.2) is 0 Å². The lowest BCUT2D eigenvalue weighted by Crippen LogP contribution is -2.40. The molecule has 0 bridgehead atoms. The molecule has 0 aromatic heterocycles. The summed E-state index contributed by atoms with van der Waals surface area (Å²) in [6.07, 6.45) is -0.742. The first kappa shape index (κ1) is 16.4. The summed E-state index contributed by atoms with van der Waals surface area (Å²) in [6, 6.07) is 8.69. The zero-order valence-electron chi connectivity index (χ0n) is 11.5. The van der Waals surface area contributed by atoms with Crippen molar-refractivity contribution in [3.05, 3.63) is 30.3 Å².